The van der Waals surface area contributed by atoms with E-state index in [1.807, 2.05) is 20.8 Å². The van der Waals surface area contributed by atoms with E-state index in [2.05, 4.69) is 20.7 Å². The van der Waals surface area contributed by atoms with E-state index < -0.39 is 15.6 Å². The predicted octanol–water partition coefficient (Wildman–Crippen LogP) is 3.05. The lowest BCUT2D eigenvalue weighted by atomic mass is 9.91. The Hall–Kier alpha value is 0.390. The van der Waals surface area contributed by atoms with Gasteiger partial charge in [-0.05, 0) is 32.6 Å². The monoisotopic (exact) mass is 325 g/mol. The van der Waals surface area contributed by atoms with Crippen LogP contribution in [0.1, 0.15) is 52.9 Å². The third kappa shape index (κ3) is 5.26. The molecule has 0 aromatic rings. The number of nitrogens with one attached hydrogen (secondary N) is 1. The summed E-state index contributed by atoms with van der Waals surface area (Å²) in [5.74, 6) is 0.638. The number of sulfonamides is 1. The van der Waals surface area contributed by atoms with Gasteiger partial charge in [0.1, 0.15) is 0 Å². The molecule has 17 heavy (non-hydrogen) atoms. The Balaban J connectivity index is 2.56. The van der Waals surface area contributed by atoms with Gasteiger partial charge in [0.15, 0.2) is 0 Å². The molecular weight excluding hydrogens is 302 g/mol. The molecule has 1 N–H and O–H groups in total. The van der Waals surface area contributed by atoms with Gasteiger partial charge in [0.2, 0.25) is 10.0 Å². The van der Waals surface area contributed by atoms with Gasteiger partial charge in [-0.3, -0.25) is 0 Å². The van der Waals surface area contributed by atoms with Crippen molar-refractivity contribution < 1.29 is 8.42 Å². The van der Waals surface area contributed by atoms with E-state index in [4.69, 9.17) is 0 Å². The highest BCUT2D eigenvalue weighted by Gasteiger charge is 2.30. The summed E-state index contributed by atoms with van der Waals surface area (Å²) in [7, 11) is -3.16. The molecule has 1 rings (SSSR count). The summed E-state index contributed by atoms with van der Waals surface area (Å²) in [6.45, 7) is 5.78. The maximum atomic E-state index is 12.1. The zero-order valence-corrected chi connectivity index (χ0v) is 13.4. The Morgan fingerprint density at radius 1 is 1.29 bits per heavy atom. The average molecular weight is 326 g/mol. The summed E-state index contributed by atoms with van der Waals surface area (Å²) in [4.78, 5) is 0.108. The summed E-state index contributed by atoms with van der Waals surface area (Å²) in [5, 5.41) is 0. The number of hydrogen-bond donors (Lipinski definition) is 1. The van der Waals surface area contributed by atoms with Gasteiger partial charge in [-0.15, -0.1) is 0 Å². The molecule has 0 aromatic heterocycles. The first-order valence-electron chi connectivity index (χ1n) is 6.39. The molecule has 1 saturated carbocycles. The van der Waals surface area contributed by atoms with Crippen LogP contribution in [0.4, 0.5) is 0 Å². The van der Waals surface area contributed by atoms with E-state index in [-0.39, 0.29) is 10.6 Å². The fraction of sp³-hybridized carbons (Fsp3) is 1.00. The minimum absolute atomic E-state index is 0.108. The molecule has 1 unspecified atom stereocenters. The highest BCUT2D eigenvalue weighted by Crippen LogP contribution is 2.25. The number of alkyl halides is 1. The number of rotatable bonds is 5. The largest absolute Gasteiger partial charge is 0.212 e. The highest BCUT2D eigenvalue weighted by atomic mass is 79.9. The van der Waals surface area contributed by atoms with Gasteiger partial charge < -0.3 is 0 Å². The summed E-state index contributed by atoms with van der Waals surface area (Å²) in [5.41, 5.74) is -0.437. The standard InChI is InChI=1S/C12H24BrNO2S/c1-10(13)12(2,3)14-17(15,16)9-11-7-5-4-6-8-11/h10-11,14H,4-9H2,1-3H3. The number of hydrogen-bond acceptors (Lipinski definition) is 2. The van der Waals surface area contributed by atoms with Gasteiger partial charge in [0.25, 0.3) is 0 Å². The van der Waals surface area contributed by atoms with Gasteiger partial charge in [-0.25, -0.2) is 13.1 Å². The Labute approximate surface area is 114 Å². The molecule has 1 fully saturated rings. The minimum Gasteiger partial charge on any atom is -0.212 e. The van der Waals surface area contributed by atoms with Crippen LogP contribution in [0.3, 0.4) is 0 Å². The van der Waals surface area contributed by atoms with Crippen LogP contribution in [0.25, 0.3) is 0 Å². The number of halogens is 1. The van der Waals surface area contributed by atoms with E-state index in [1.165, 1.54) is 19.3 Å². The van der Waals surface area contributed by atoms with E-state index >= 15 is 0 Å². The average Bonchev–Trinajstić information content (AvgIpc) is 2.16. The zero-order chi connectivity index (χ0) is 13.1. The van der Waals surface area contributed by atoms with Crippen molar-refractivity contribution in [1.29, 1.82) is 0 Å². The lowest BCUT2D eigenvalue weighted by Gasteiger charge is -2.30. The second kappa shape index (κ2) is 6.02. The molecule has 0 aliphatic heterocycles. The van der Waals surface area contributed by atoms with E-state index in [9.17, 15) is 8.42 Å². The molecule has 0 bridgehead atoms. The molecule has 3 nitrogen and oxygen atoms in total. The zero-order valence-electron chi connectivity index (χ0n) is 11.0. The fourth-order valence-corrected chi connectivity index (χ4v) is 4.47. The quantitative estimate of drug-likeness (QED) is 0.789. The normalized spacial score (nSPS) is 21.4. The van der Waals surface area contributed by atoms with Crippen molar-refractivity contribution in [2.45, 2.75) is 63.2 Å². The third-order valence-corrected chi connectivity index (χ3v) is 6.48. The summed E-state index contributed by atoms with van der Waals surface area (Å²) >= 11 is 3.45. The second-order valence-electron chi connectivity index (χ2n) is 5.73. The lowest BCUT2D eigenvalue weighted by molar-refractivity contribution is 0.379. The summed E-state index contributed by atoms with van der Waals surface area (Å²) < 4.78 is 27.0. The van der Waals surface area contributed by atoms with Gasteiger partial charge in [0, 0.05) is 10.4 Å². The van der Waals surface area contributed by atoms with Crippen molar-refractivity contribution in [3.63, 3.8) is 0 Å². The van der Waals surface area contributed by atoms with Crippen LogP contribution in [-0.4, -0.2) is 24.5 Å². The molecule has 5 heteroatoms. The molecule has 102 valence electrons. The summed E-state index contributed by atoms with van der Waals surface area (Å²) in [6, 6.07) is 0. The molecular formula is C12H24BrNO2S. The Bertz CT molecular complexity index is 332. The van der Waals surface area contributed by atoms with E-state index in [1.54, 1.807) is 0 Å². The Morgan fingerprint density at radius 3 is 2.29 bits per heavy atom. The molecule has 0 heterocycles. The maximum Gasteiger partial charge on any atom is 0.212 e. The van der Waals surface area contributed by atoms with Crippen LogP contribution in [0.5, 0.6) is 0 Å². The summed E-state index contributed by atoms with van der Waals surface area (Å²) in [6.07, 6.45) is 5.74. The molecule has 0 aromatic carbocycles. The van der Waals surface area contributed by atoms with Crippen LogP contribution in [0.15, 0.2) is 0 Å². The van der Waals surface area contributed by atoms with Crippen molar-refractivity contribution in [1.82, 2.24) is 4.72 Å². The molecule has 1 atom stereocenters. The second-order valence-corrected chi connectivity index (χ2v) is 8.87. The van der Waals surface area contributed by atoms with Gasteiger partial charge in [0.05, 0.1) is 5.75 Å². The fourth-order valence-electron chi connectivity index (χ4n) is 2.19. The smallest absolute Gasteiger partial charge is 0.212 e. The van der Waals surface area contributed by atoms with E-state index in [0.29, 0.717) is 5.92 Å². The molecule has 0 radical (unpaired) electrons. The van der Waals surface area contributed by atoms with Gasteiger partial charge in [-0.2, -0.15) is 0 Å². The van der Waals surface area contributed by atoms with Gasteiger partial charge in [-0.1, -0.05) is 42.1 Å². The van der Waals surface area contributed by atoms with Crippen LogP contribution in [0, 0.1) is 5.92 Å². The van der Waals surface area contributed by atoms with Crippen LogP contribution < -0.4 is 4.72 Å². The van der Waals surface area contributed by atoms with E-state index in [0.717, 1.165) is 12.8 Å². The lowest BCUT2D eigenvalue weighted by Crippen LogP contribution is -2.50. The van der Waals surface area contributed by atoms with Crippen LogP contribution >= 0.6 is 15.9 Å². The molecule has 0 spiro atoms. The first-order chi connectivity index (χ1) is 7.73. The third-order valence-electron chi connectivity index (χ3n) is 3.59. The van der Waals surface area contributed by atoms with Crippen LogP contribution in [-0.2, 0) is 10.0 Å². The van der Waals surface area contributed by atoms with Crippen molar-refractivity contribution in [3.05, 3.63) is 0 Å². The molecule has 1 aliphatic rings. The minimum atomic E-state index is -3.16. The Morgan fingerprint density at radius 2 is 1.82 bits per heavy atom. The van der Waals surface area contributed by atoms with Crippen molar-refractivity contribution in [3.8, 4) is 0 Å². The predicted molar refractivity (Wildman–Crippen MR) is 76.0 cm³/mol. The van der Waals surface area contributed by atoms with Gasteiger partial charge >= 0.3 is 0 Å². The van der Waals surface area contributed by atoms with Crippen LogP contribution in [0.2, 0.25) is 0 Å². The first-order valence-corrected chi connectivity index (χ1v) is 8.95. The maximum absolute atomic E-state index is 12.1. The van der Waals surface area contributed by atoms with Crippen molar-refractivity contribution in [2.24, 2.45) is 5.92 Å². The molecule has 0 amide bonds. The topological polar surface area (TPSA) is 46.2 Å². The highest BCUT2D eigenvalue weighted by molar-refractivity contribution is 9.09. The first kappa shape index (κ1) is 15.4. The van der Waals surface area contributed by atoms with Crippen molar-refractivity contribution >= 4 is 26.0 Å². The molecule has 1 aliphatic carbocycles. The Kier molecular flexibility index (Phi) is 5.47. The van der Waals surface area contributed by atoms with Crippen molar-refractivity contribution in [2.75, 3.05) is 5.75 Å². The molecule has 0 saturated heterocycles. The SMILES string of the molecule is CC(Br)C(C)(C)NS(=O)(=O)CC1CCCCC1.